The summed E-state index contributed by atoms with van der Waals surface area (Å²) in [6.45, 7) is 0.510. The third-order valence-electron chi connectivity index (χ3n) is 2.03. The molecule has 2 N–H and O–H groups in total. The second kappa shape index (κ2) is 5.75. The fourth-order valence-corrected chi connectivity index (χ4v) is 1.18. The van der Waals surface area contributed by atoms with Crippen LogP contribution in [0.1, 0.15) is 18.4 Å². The minimum Gasteiger partial charge on any atom is -0.494 e. The van der Waals surface area contributed by atoms with Crippen LogP contribution in [-0.4, -0.2) is 12.8 Å². The highest BCUT2D eigenvalue weighted by atomic mass is 19.4. The van der Waals surface area contributed by atoms with Crippen LogP contribution in [0.5, 0.6) is 5.75 Å². The van der Waals surface area contributed by atoms with Crippen LogP contribution in [-0.2, 0) is 6.54 Å². The van der Waals surface area contributed by atoms with Gasteiger partial charge in [-0.3, -0.25) is 0 Å². The summed E-state index contributed by atoms with van der Waals surface area (Å²) in [6, 6.07) is 6.99. The van der Waals surface area contributed by atoms with E-state index in [0.29, 0.717) is 12.3 Å². The number of rotatable bonds is 5. The maximum Gasteiger partial charge on any atom is 0.389 e. The first-order chi connectivity index (χ1) is 7.51. The Morgan fingerprint density at radius 1 is 1.12 bits per heavy atom. The molecule has 0 spiro atoms. The average Bonchev–Trinajstić information content (AvgIpc) is 2.24. The molecule has 0 saturated heterocycles. The highest BCUT2D eigenvalue weighted by molar-refractivity contribution is 5.26. The van der Waals surface area contributed by atoms with Crippen molar-refractivity contribution in [3.8, 4) is 5.75 Å². The molecule has 1 aromatic carbocycles. The number of ether oxygens (including phenoxy) is 1. The summed E-state index contributed by atoms with van der Waals surface area (Å²) in [6.07, 6.45) is -4.94. The highest BCUT2D eigenvalue weighted by Gasteiger charge is 2.25. The molecule has 90 valence electrons. The van der Waals surface area contributed by atoms with Gasteiger partial charge < -0.3 is 10.5 Å². The minimum absolute atomic E-state index is 0.0257. The first kappa shape index (κ1) is 12.8. The van der Waals surface area contributed by atoms with E-state index >= 15 is 0 Å². The molecule has 0 amide bonds. The van der Waals surface area contributed by atoms with Gasteiger partial charge in [0.25, 0.3) is 0 Å². The molecule has 0 radical (unpaired) electrons. The molecule has 2 nitrogen and oxygen atoms in total. The molecular formula is C11H14F3NO. The lowest BCUT2D eigenvalue weighted by Gasteiger charge is -2.08. The largest absolute Gasteiger partial charge is 0.494 e. The van der Waals surface area contributed by atoms with E-state index < -0.39 is 12.6 Å². The molecule has 0 unspecified atom stereocenters. The molecule has 0 atom stereocenters. The Morgan fingerprint density at radius 2 is 1.75 bits per heavy atom. The van der Waals surface area contributed by atoms with Crippen molar-refractivity contribution in [2.24, 2.45) is 5.73 Å². The topological polar surface area (TPSA) is 35.2 Å². The van der Waals surface area contributed by atoms with Crippen LogP contribution in [0.15, 0.2) is 24.3 Å². The third kappa shape index (κ3) is 5.02. The number of benzene rings is 1. The molecule has 0 aliphatic rings. The Hall–Kier alpha value is -1.23. The highest BCUT2D eigenvalue weighted by Crippen LogP contribution is 2.21. The van der Waals surface area contributed by atoms with Gasteiger partial charge in [-0.05, 0) is 24.1 Å². The summed E-state index contributed by atoms with van der Waals surface area (Å²) in [5, 5.41) is 0. The van der Waals surface area contributed by atoms with Crippen molar-refractivity contribution in [1.29, 1.82) is 0 Å². The van der Waals surface area contributed by atoms with E-state index in [0.717, 1.165) is 5.56 Å². The Morgan fingerprint density at radius 3 is 2.25 bits per heavy atom. The van der Waals surface area contributed by atoms with E-state index in [9.17, 15) is 13.2 Å². The minimum atomic E-state index is -4.10. The Balaban J connectivity index is 2.27. The predicted molar refractivity (Wildman–Crippen MR) is 55.1 cm³/mol. The van der Waals surface area contributed by atoms with Crippen LogP contribution in [0.2, 0.25) is 0 Å². The van der Waals surface area contributed by atoms with Gasteiger partial charge in [-0.15, -0.1) is 0 Å². The van der Waals surface area contributed by atoms with Crippen LogP contribution < -0.4 is 10.5 Å². The summed E-state index contributed by atoms with van der Waals surface area (Å²) in [5.74, 6) is 0.569. The van der Waals surface area contributed by atoms with Crippen LogP contribution in [0.4, 0.5) is 13.2 Å². The van der Waals surface area contributed by atoms with Crippen molar-refractivity contribution < 1.29 is 17.9 Å². The molecule has 0 aliphatic carbocycles. The molecule has 0 fully saturated rings. The van der Waals surface area contributed by atoms with Gasteiger partial charge in [0.1, 0.15) is 5.75 Å². The smallest absolute Gasteiger partial charge is 0.389 e. The summed E-state index contributed by atoms with van der Waals surface area (Å²) < 4.78 is 40.6. The zero-order chi connectivity index (χ0) is 12.0. The number of alkyl halides is 3. The van der Waals surface area contributed by atoms with Gasteiger partial charge in [0, 0.05) is 13.0 Å². The van der Waals surface area contributed by atoms with Crippen molar-refractivity contribution in [2.75, 3.05) is 6.61 Å². The van der Waals surface area contributed by atoms with Gasteiger partial charge in [0.15, 0.2) is 0 Å². The summed E-state index contributed by atoms with van der Waals surface area (Å²) in [4.78, 5) is 0. The molecule has 0 aliphatic heterocycles. The van der Waals surface area contributed by atoms with Crippen molar-refractivity contribution in [1.82, 2.24) is 0 Å². The van der Waals surface area contributed by atoms with Crippen molar-refractivity contribution in [3.63, 3.8) is 0 Å². The molecule has 0 heterocycles. The zero-order valence-corrected chi connectivity index (χ0v) is 8.76. The fourth-order valence-electron chi connectivity index (χ4n) is 1.18. The number of halogens is 3. The Kier molecular flexibility index (Phi) is 4.61. The standard InChI is InChI=1S/C11H14F3NO/c12-11(13,14)6-1-7-16-10-4-2-9(8-15)3-5-10/h2-5H,1,6-8,15H2. The lowest BCUT2D eigenvalue weighted by atomic mass is 10.2. The molecule has 1 rings (SSSR count). The van der Waals surface area contributed by atoms with Crippen molar-refractivity contribution in [2.45, 2.75) is 25.6 Å². The van der Waals surface area contributed by atoms with Crippen molar-refractivity contribution in [3.05, 3.63) is 29.8 Å². The van der Waals surface area contributed by atoms with Gasteiger partial charge in [-0.1, -0.05) is 12.1 Å². The third-order valence-corrected chi connectivity index (χ3v) is 2.03. The van der Waals surface area contributed by atoms with Crippen LogP contribution in [0.3, 0.4) is 0 Å². The van der Waals surface area contributed by atoms with Gasteiger partial charge in [-0.2, -0.15) is 13.2 Å². The molecule has 5 heteroatoms. The quantitative estimate of drug-likeness (QED) is 0.794. The van der Waals surface area contributed by atoms with Gasteiger partial charge in [-0.25, -0.2) is 0 Å². The van der Waals surface area contributed by atoms with Crippen LogP contribution >= 0.6 is 0 Å². The van der Waals surface area contributed by atoms with Gasteiger partial charge in [0.05, 0.1) is 6.61 Å². The maximum absolute atomic E-state index is 11.8. The lowest BCUT2D eigenvalue weighted by molar-refractivity contribution is -0.136. The summed E-state index contributed by atoms with van der Waals surface area (Å²) in [5.41, 5.74) is 6.36. The van der Waals surface area contributed by atoms with E-state index in [1.165, 1.54) is 0 Å². The first-order valence-corrected chi connectivity index (χ1v) is 5.00. The van der Waals surface area contributed by atoms with Crippen LogP contribution in [0, 0.1) is 0 Å². The van der Waals surface area contributed by atoms with E-state index in [1.54, 1.807) is 24.3 Å². The molecule has 0 aromatic heterocycles. The summed E-state index contributed by atoms with van der Waals surface area (Å²) >= 11 is 0. The molecular weight excluding hydrogens is 219 g/mol. The summed E-state index contributed by atoms with van der Waals surface area (Å²) in [7, 11) is 0. The Bertz CT molecular complexity index is 308. The van der Waals surface area contributed by atoms with Crippen molar-refractivity contribution >= 4 is 0 Å². The number of nitrogens with two attached hydrogens (primary N) is 1. The zero-order valence-electron chi connectivity index (χ0n) is 8.76. The van der Waals surface area contributed by atoms with E-state index in [-0.39, 0.29) is 13.0 Å². The average molecular weight is 233 g/mol. The van der Waals surface area contributed by atoms with Gasteiger partial charge >= 0.3 is 6.18 Å². The molecule has 0 saturated carbocycles. The monoisotopic (exact) mass is 233 g/mol. The molecule has 16 heavy (non-hydrogen) atoms. The Labute approximate surface area is 92.2 Å². The second-order valence-electron chi connectivity index (χ2n) is 3.42. The first-order valence-electron chi connectivity index (χ1n) is 5.00. The fraction of sp³-hybridized carbons (Fsp3) is 0.455. The molecule has 1 aromatic rings. The van der Waals surface area contributed by atoms with E-state index in [2.05, 4.69) is 0 Å². The number of hydrogen-bond donors (Lipinski definition) is 1. The lowest BCUT2D eigenvalue weighted by Crippen LogP contribution is -2.09. The normalized spacial score (nSPS) is 11.5. The SMILES string of the molecule is NCc1ccc(OCCCC(F)(F)F)cc1. The van der Waals surface area contributed by atoms with E-state index in [4.69, 9.17) is 10.5 Å². The number of hydrogen-bond acceptors (Lipinski definition) is 2. The van der Waals surface area contributed by atoms with Crippen LogP contribution in [0.25, 0.3) is 0 Å². The molecule has 0 bridgehead atoms. The second-order valence-corrected chi connectivity index (χ2v) is 3.42. The maximum atomic E-state index is 11.8. The van der Waals surface area contributed by atoms with Gasteiger partial charge in [0.2, 0.25) is 0 Å². The predicted octanol–water partition coefficient (Wildman–Crippen LogP) is 2.87. The van der Waals surface area contributed by atoms with E-state index in [1.807, 2.05) is 0 Å².